The minimum atomic E-state index is -0.768. The van der Waals surface area contributed by atoms with E-state index in [1.165, 1.54) is 17.1 Å². The largest absolute Gasteiger partial charge is 0.481 e. The molecule has 1 saturated heterocycles. The van der Waals surface area contributed by atoms with E-state index in [2.05, 4.69) is 17.0 Å². The van der Waals surface area contributed by atoms with Crippen molar-refractivity contribution in [2.45, 2.75) is 19.4 Å². The van der Waals surface area contributed by atoms with E-state index in [9.17, 15) is 4.79 Å². The second-order valence-corrected chi connectivity index (χ2v) is 5.91. The van der Waals surface area contributed by atoms with E-state index >= 15 is 0 Å². The summed E-state index contributed by atoms with van der Waals surface area (Å²) in [5.41, 5.74) is 2.14. The van der Waals surface area contributed by atoms with Crippen LogP contribution in [-0.2, 0) is 11.3 Å². The van der Waals surface area contributed by atoms with Gasteiger partial charge in [0.05, 0.1) is 5.92 Å². The topological polar surface area (TPSA) is 40.5 Å². The molecule has 0 amide bonds. The first-order valence-electron chi connectivity index (χ1n) is 6.28. The molecule has 3 nitrogen and oxygen atoms in total. The van der Waals surface area contributed by atoms with Gasteiger partial charge in [0.2, 0.25) is 0 Å². The zero-order valence-corrected chi connectivity index (χ0v) is 11.4. The third kappa shape index (κ3) is 3.50. The van der Waals surface area contributed by atoms with Crippen molar-refractivity contribution < 1.29 is 9.90 Å². The number of hydrogen-bond donors (Lipinski definition) is 1. The summed E-state index contributed by atoms with van der Waals surface area (Å²) in [6.45, 7) is 5.00. The Morgan fingerprint density at radius 2 is 1.94 bits per heavy atom. The number of rotatable bonds is 4. The first-order chi connectivity index (χ1) is 8.66. The molecule has 1 fully saturated rings. The van der Waals surface area contributed by atoms with Crippen molar-refractivity contribution in [3.05, 3.63) is 35.4 Å². The minimum Gasteiger partial charge on any atom is -0.481 e. The summed E-state index contributed by atoms with van der Waals surface area (Å²) in [6, 6.07) is 7.98. The predicted octanol–water partition coefficient (Wildman–Crippen LogP) is 2.42. The minimum absolute atomic E-state index is 0.426. The van der Waals surface area contributed by atoms with Crippen molar-refractivity contribution in [3.63, 3.8) is 0 Å². The fourth-order valence-corrected chi connectivity index (χ4v) is 3.05. The van der Waals surface area contributed by atoms with Gasteiger partial charge in [-0.05, 0) is 18.1 Å². The first kappa shape index (κ1) is 13.4. The summed E-state index contributed by atoms with van der Waals surface area (Å²) in [4.78, 5) is 13.3. The van der Waals surface area contributed by atoms with Gasteiger partial charge < -0.3 is 5.11 Å². The van der Waals surface area contributed by atoms with Gasteiger partial charge in [-0.1, -0.05) is 24.3 Å². The van der Waals surface area contributed by atoms with Gasteiger partial charge in [-0.15, -0.1) is 0 Å². The molecule has 1 heterocycles. The second kappa shape index (κ2) is 6.25. The first-order valence-corrected chi connectivity index (χ1v) is 7.44. The van der Waals surface area contributed by atoms with E-state index in [1.54, 1.807) is 6.92 Å². The number of carbonyl (C=O) groups is 1. The van der Waals surface area contributed by atoms with Gasteiger partial charge in [0, 0.05) is 31.1 Å². The summed E-state index contributed by atoms with van der Waals surface area (Å²) >= 11 is 2.01. The number of aliphatic carboxylic acids is 1. The van der Waals surface area contributed by atoms with Crippen LogP contribution in [0.3, 0.4) is 0 Å². The van der Waals surface area contributed by atoms with Crippen LogP contribution in [0.15, 0.2) is 24.3 Å². The maximum atomic E-state index is 10.9. The van der Waals surface area contributed by atoms with Crippen LogP contribution < -0.4 is 0 Å². The number of benzene rings is 1. The Hall–Kier alpha value is -1.00. The molecule has 1 aromatic carbocycles. The molecule has 0 radical (unpaired) electrons. The van der Waals surface area contributed by atoms with Gasteiger partial charge in [0.25, 0.3) is 0 Å². The molecule has 4 heteroatoms. The van der Waals surface area contributed by atoms with Crippen LogP contribution in [0.25, 0.3) is 0 Å². The lowest BCUT2D eigenvalue weighted by molar-refractivity contribution is -0.138. The fraction of sp³-hybridized carbons (Fsp3) is 0.500. The highest BCUT2D eigenvalue weighted by Gasteiger charge is 2.14. The van der Waals surface area contributed by atoms with Gasteiger partial charge in [0.1, 0.15) is 0 Å². The number of carboxylic acids is 1. The Labute approximate surface area is 112 Å². The van der Waals surface area contributed by atoms with Gasteiger partial charge in [-0.25, -0.2) is 0 Å². The van der Waals surface area contributed by atoms with Crippen molar-refractivity contribution in [2.24, 2.45) is 0 Å². The zero-order valence-electron chi connectivity index (χ0n) is 10.6. The molecule has 1 aromatic rings. The van der Waals surface area contributed by atoms with Crippen LogP contribution in [0.4, 0.5) is 0 Å². The molecule has 98 valence electrons. The van der Waals surface area contributed by atoms with E-state index in [-0.39, 0.29) is 0 Å². The Kier molecular flexibility index (Phi) is 4.66. The fourth-order valence-electron chi connectivity index (χ4n) is 2.07. The molecule has 0 aliphatic carbocycles. The highest BCUT2D eigenvalue weighted by atomic mass is 32.2. The number of carboxylic acid groups (broad SMARTS) is 1. The lowest BCUT2D eigenvalue weighted by Gasteiger charge is -2.26. The smallest absolute Gasteiger partial charge is 0.310 e. The summed E-state index contributed by atoms with van der Waals surface area (Å²) in [5.74, 6) is 1.24. The van der Waals surface area contributed by atoms with Crippen molar-refractivity contribution in [3.8, 4) is 0 Å². The maximum Gasteiger partial charge on any atom is 0.310 e. The summed E-state index contributed by atoms with van der Waals surface area (Å²) in [5, 5.41) is 8.96. The van der Waals surface area contributed by atoms with Crippen molar-refractivity contribution in [1.29, 1.82) is 0 Å². The third-order valence-corrected chi connectivity index (χ3v) is 4.30. The normalized spacial score (nSPS) is 18.5. The van der Waals surface area contributed by atoms with Crippen LogP contribution in [-0.4, -0.2) is 40.6 Å². The number of thioether (sulfide) groups is 1. The van der Waals surface area contributed by atoms with Crippen LogP contribution in [0.5, 0.6) is 0 Å². The second-order valence-electron chi connectivity index (χ2n) is 4.69. The third-order valence-electron chi connectivity index (χ3n) is 3.36. The molecule has 1 aliphatic heterocycles. The maximum absolute atomic E-state index is 10.9. The van der Waals surface area contributed by atoms with Crippen molar-refractivity contribution >= 4 is 17.7 Å². The highest BCUT2D eigenvalue weighted by Crippen LogP contribution is 2.18. The molecule has 2 rings (SSSR count). The predicted molar refractivity (Wildman–Crippen MR) is 75.1 cm³/mol. The molecule has 1 N–H and O–H groups in total. The summed E-state index contributed by atoms with van der Waals surface area (Å²) in [6.07, 6.45) is 0. The van der Waals surface area contributed by atoms with Crippen LogP contribution in [0.1, 0.15) is 24.0 Å². The molecular weight excluding hydrogens is 246 g/mol. The Bertz CT molecular complexity index is 399. The molecule has 0 bridgehead atoms. The SMILES string of the molecule is CC(C(=O)O)c1ccc(CN2CCSCC2)cc1. The molecule has 0 spiro atoms. The monoisotopic (exact) mass is 265 g/mol. The lowest BCUT2D eigenvalue weighted by atomic mass is 10.00. The van der Waals surface area contributed by atoms with Crippen LogP contribution >= 0.6 is 11.8 Å². The Morgan fingerprint density at radius 3 is 2.50 bits per heavy atom. The van der Waals surface area contributed by atoms with Crippen molar-refractivity contribution in [2.75, 3.05) is 24.6 Å². The van der Waals surface area contributed by atoms with E-state index in [1.807, 2.05) is 23.9 Å². The number of nitrogens with zero attached hydrogens (tertiary/aromatic N) is 1. The van der Waals surface area contributed by atoms with E-state index in [4.69, 9.17) is 5.11 Å². The average Bonchev–Trinajstić information content (AvgIpc) is 2.40. The van der Waals surface area contributed by atoms with Gasteiger partial charge in [-0.2, -0.15) is 11.8 Å². The van der Waals surface area contributed by atoms with E-state index in [0.29, 0.717) is 0 Å². The zero-order chi connectivity index (χ0) is 13.0. The van der Waals surface area contributed by atoms with E-state index in [0.717, 1.165) is 25.2 Å². The summed E-state index contributed by atoms with van der Waals surface area (Å²) in [7, 11) is 0. The van der Waals surface area contributed by atoms with Gasteiger partial charge >= 0.3 is 5.97 Å². The molecule has 0 aromatic heterocycles. The van der Waals surface area contributed by atoms with Gasteiger partial charge in [0.15, 0.2) is 0 Å². The quantitative estimate of drug-likeness (QED) is 0.907. The van der Waals surface area contributed by atoms with Gasteiger partial charge in [-0.3, -0.25) is 9.69 Å². The standard InChI is InChI=1S/C14H19NO2S/c1-11(14(16)17)13-4-2-12(3-5-13)10-15-6-8-18-9-7-15/h2-5,11H,6-10H2,1H3,(H,16,17). The molecular formula is C14H19NO2S. The van der Waals surface area contributed by atoms with Crippen LogP contribution in [0.2, 0.25) is 0 Å². The average molecular weight is 265 g/mol. The Balaban J connectivity index is 1.96. The molecule has 1 aliphatic rings. The molecule has 1 unspecified atom stereocenters. The Morgan fingerprint density at radius 1 is 1.33 bits per heavy atom. The lowest BCUT2D eigenvalue weighted by Crippen LogP contribution is -2.31. The number of hydrogen-bond acceptors (Lipinski definition) is 3. The molecule has 0 saturated carbocycles. The highest BCUT2D eigenvalue weighted by molar-refractivity contribution is 7.99. The van der Waals surface area contributed by atoms with Crippen molar-refractivity contribution in [1.82, 2.24) is 4.90 Å². The van der Waals surface area contributed by atoms with Crippen LogP contribution in [0, 0.1) is 0 Å². The molecule has 1 atom stereocenters. The molecule has 18 heavy (non-hydrogen) atoms. The summed E-state index contributed by atoms with van der Waals surface area (Å²) < 4.78 is 0. The van der Waals surface area contributed by atoms with E-state index < -0.39 is 11.9 Å².